The van der Waals surface area contributed by atoms with E-state index in [-0.39, 0.29) is 5.82 Å². The largest absolute Gasteiger partial charge is 0.296 e. The van der Waals surface area contributed by atoms with Gasteiger partial charge in [0.2, 0.25) is 6.29 Å². The lowest BCUT2D eigenvalue weighted by Crippen LogP contribution is -2.21. The third kappa shape index (κ3) is 2.12. The lowest BCUT2D eigenvalue weighted by Gasteiger charge is -2.18. The average molecular weight is 180 g/mol. The second kappa shape index (κ2) is 4.14. The summed E-state index contributed by atoms with van der Waals surface area (Å²) in [6, 6.07) is 5.60. The van der Waals surface area contributed by atoms with Gasteiger partial charge in [-0.2, -0.15) is 0 Å². The third-order valence-corrected chi connectivity index (χ3v) is 1.83. The number of benzene rings is 1. The Balaban J connectivity index is 3.04. The zero-order valence-electron chi connectivity index (χ0n) is 7.62. The van der Waals surface area contributed by atoms with Gasteiger partial charge in [0.1, 0.15) is 11.9 Å². The molecule has 0 saturated carbocycles. The Morgan fingerprint density at radius 1 is 1.38 bits per heavy atom. The fourth-order valence-electron chi connectivity index (χ4n) is 1.14. The average Bonchev–Trinajstić information content (AvgIpc) is 2.09. The molecule has 0 unspecified atom stereocenters. The number of likely N-dealkylation sites (N-methyl/N-ethyl adjacent to an activating group) is 1. The van der Waals surface area contributed by atoms with Crippen LogP contribution >= 0.6 is 0 Å². The van der Waals surface area contributed by atoms with Crippen LogP contribution in [0.15, 0.2) is 24.3 Å². The molecule has 13 heavy (non-hydrogen) atoms. The Hall–Kier alpha value is -1.22. The van der Waals surface area contributed by atoms with Crippen molar-refractivity contribution in [2.75, 3.05) is 14.1 Å². The minimum absolute atomic E-state index is 0.363. The van der Waals surface area contributed by atoms with Crippen molar-refractivity contribution >= 4 is 6.29 Å². The van der Waals surface area contributed by atoms with Gasteiger partial charge in [-0.3, -0.25) is 9.69 Å². The first kappa shape index (κ1) is 9.86. The molecule has 0 aliphatic heterocycles. The molecule has 0 fully saturated rings. The van der Waals surface area contributed by atoms with Gasteiger partial charge in [0, 0.05) is 5.56 Å². The van der Waals surface area contributed by atoms with Crippen LogP contribution in [0.1, 0.15) is 11.6 Å². The van der Waals surface area contributed by atoms with E-state index in [1.165, 1.54) is 6.07 Å². The van der Waals surface area contributed by atoms with Crippen LogP contribution in [0.2, 0.25) is 0 Å². The van der Waals surface area contributed by atoms with E-state index in [9.17, 15) is 9.18 Å². The van der Waals surface area contributed by atoms with Crippen molar-refractivity contribution in [1.82, 2.24) is 4.90 Å². The molecule has 0 N–H and O–H groups in total. The number of carbonyl (C=O) groups excluding carboxylic acids is 1. The number of rotatable bonds is 3. The van der Waals surface area contributed by atoms with Crippen LogP contribution in [-0.2, 0) is 4.79 Å². The van der Waals surface area contributed by atoms with Gasteiger partial charge in [-0.15, -0.1) is 0 Å². The normalized spacial score (nSPS) is 12.9. The molecule has 69 valence electrons. The van der Waals surface area contributed by atoms with E-state index < -0.39 is 6.04 Å². The Kier molecular flexibility index (Phi) is 3.14. The number of nitrogens with zero attached hydrogens (tertiary/aromatic N) is 1. The summed E-state index contributed by atoms with van der Waals surface area (Å²) in [7, 11) is 3.42. The van der Waals surface area contributed by atoms with Crippen molar-refractivity contribution in [1.29, 1.82) is 0 Å². The Labute approximate surface area is 77.0 Å². The fourth-order valence-corrected chi connectivity index (χ4v) is 1.14. The highest BCUT2D eigenvalue weighted by Gasteiger charge is 2.16. The molecule has 1 rings (SSSR count). The quantitative estimate of drug-likeness (QED) is 0.703. The van der Waals surface area contributed by atoms with Crippen molar-refractivity contribution in [3.8, 4) is 0 Å². The molecule has 0 aromatic heterocycles. The summed E-state index contributed by atoms with van der Waals surface area (Å²) in [5.41, 5.74) is 0.363. The minimum Gasteiger partial charge on any atom is -0.296 e. The molecule has 0 bridgehead atoms. The zero-order chi connectivity index (χ0) is 9.84. The first-order valence-corrected chi connectivity index (χ1v) is 3.95. The van der Waals surface area contributed by atoms with Gasteiger partial charge in [0.15, 0.2) is 0 Å². The van der Waals surface area contributed by atoms with Crippen LogP contribution in [0.4, 0.5) is 4.39 Å². The molecule has 1 radical (unpaired) electrons. The molecule has 1 aromatic rings. The fraction of sp³-hybridized carbons (Fsp3) is 0.300. The molecule has 3 heteroatoms. The summed E-state index contributed by atoms with van der Waals surface area (Å²) < 4.78 is 13.2. The van der Waals surface area contributed by atoms with Crippen LogP contribution < -0.4 is 0 Å². The third-order valence-electron chi connectivity index (χ3n) is 1.83. The SMILES string of the molecule is CN(C)[C@H]([C]=O)c1ccccc1F. The van der Waals surface area contributed by atoms with Gasteiger partial charge in [0.25, 0.3) is 0 Å². The highest BCUT2D eigenvalue weighted by molar-refractivity contribution is 5.62. The van der Waals surface area contributed by atoms with E-state index >= 15 is 0 Å². The standard InChI is InChI=1S/C10H11FNO/c1-12(2)10(7-13)8-5-3-4-6-9(8)11/h3-6,10H,1-2H3/t10-/m1/s1. The van der Waals surface area contributed by atoms with Crippen molar-refractivity contribution in [3.05, 3.63) is 35.6 Å². The van der Waals surface area contributed by atoms with Crippen molar-refractivity contribution in [2.45, 2.75) is 6.04 Å². The monoisotopic (exact) mass is 180 g/mol. The van der Waals surface area contributed by atoms with E-state index in [1.54, 1.807) is 43.5 Å². The molecule has 1 aromatic carbocycles. The van der Waals surface area contributed by atoms with Gasteiger partial charge in [-0.1, -0.05) is 18.2 Å². The number of hydrogen-bond donors (Lipinski definition) is 0. The van der Waals surface area contributed by atoms with Gasteiger partial charge < -0.3 is 0 Å². The highest BCUT2D eigenvalue weighted by atomic mass is 19.1. The topological polar surface area (TPSA) is 20.3 Å². The molecule has 0 amide bonds. The Bertz CT molecular complexity index is 299. The Morgan fingerprint density at radius 3 is 2.46 bits per heavy atom. The van der Waals surface area contributed by atoms with Crippen LogP contribution in [0, 0.1) is 5.82 Å². The van der Waals surface area contributed by atoms with E-state index in [0.29, 0.717) is 5.56 Å². The molecular formula is C10H11FNO. The van der Waals surface area contributed by atoms with Crippen molar-refractivity contribution < 1.29 is 9.18 Å². The van der Waals surface area contributed by atoms with Gasteiger partial charge >= 0.3 is 0 Å². The van der Waals surface area contributed by atoms with E-state index in [2.05, 4.69) is 0 Å². The zero-order valence-corrected chi connectivity index (χ0v) is 7.62. The van der Waals surface area contributed by atoms with Crippen LogP contribution in [0.5, 0.6) is 0 Å². The second-order valence-corrected chi connectivity index (χ2v) is 3.01. The van der Waals surface area contributed by atoms with E-state index in [1.807, 2.05) is 0 Å². The number of halogens is 1. The predicted molar refractivity (Wildman–Crippen MR) is 48.5 cm³/mol. The molecule has 0 aliphatic carbocycles. The summed E-state index contributed by atoms with van der Waals surface area (Å²) in [5, 5.41) is 0. The minimum atomic E-state index is -0.624. The number of hydrogen-bond acceptors (Lipinski definition) is 2. The van der Waals surface area contributed by atoms with E-state index in [0.717, 1.165) is 0 Å². The predicted octanol–water partition coefficient (Wildman–Crippen LogP) is 1.54. The van der Waals surface area contributed by atoms with Gasteiger partial charge in [0.05, 0.1) is 0 Å². The lowest BCUT2D eigenvalue weighted by atomic mass is 10.1. The first-order valence-electron chi connectivity index (χ1n) is 3.95. The molecule has 2 nitrogen and oxygen atoms in total. The molecule has 0 saturated heterocycles. The maximum Gasteiger partial charge on any atom is 0.222 e. The molecular weight excluding hydrogens is 169 g/mol. The summed E-state index contributed by atoms with van der Waals surface area (Å²) in [4.78, 5) is 12.2. The lowest BCUT2D eigenvalue weighted by molar-refractivity contribution is 0.347. The molecule has 1 atom stereocenters. The first-order chi connectivity index (χ1) is 6.16. The summed E-state index contributed by atoms with van der Waals surface area (Å²) in [6.45, 7) is 0. The van der Waals surface area contributed by atoms with Crippen LogP contribution in [-0.4, -0.2) is 25.3 Å². The van der Waals surface area contributed by atoms with Crippen LogP contribution in [0.25, 0.3) is 0 Å². The highest BCUT2D eigenvalue weighted by Crippen LogP contribution is 2.18. The second-order valence-electron chi connectivity index (χ2n) is 3.01. The van der Waals surface area contributed by atoms with E-state index in [4.69, 9.17) is 0 Å². The summed E-state index contributed by atoms with van der Waals surface area (Å²) >= 11 is 0. The molecule has 0 heterocycles. The summed E-state index contributed by atoms with van der Waals surface area (Å²) in [6.07, 6.45) is 1.79. The Morgan fingerprint density at radius 2 is 2.00 bits per heavy atom. The van der Waals surface area contributed by atoms with Gasteiger partial charge in [-0.05, 0) is 20.2 Å². The molecule has 0 aliphatic rings. The molecule has 0 spiro atoms. The smallest absolute Gasteiger partial charge is 0.222 e. The van der Waals surface area contributed by atoms with Crippen molar-refractivity contribution in [2.24, 2.45) is 0 Å². The maximum atomic E-state index is 13.2. The van der Waals surface area contributed by atoms with Crippen molar-refractivity contribution in [3.63, 3.8) is 0 Å². The van der Waals surface area contributed by atoms with Crippen LogP contribution in [0.3, 0.4) is 0 Å². The maximum absolute atomic E-state index is 13.2. The summed E-state index contributed by atoms with van der Waals surface area (Å²) in [5.74, 6) is -0.371. The van der Waals surface area contributed by atoms with Gasteiger partial charge in [-0.25, -0.2) is 4.39 Å².